The van der Waals surface area contributed by atoms with Crippen LogP contribution >= 0.6 is 0 Å². The summed E-state index contributed by atoms with van der Waals surface area (Å²) in [6.07, 6.45) is 9.47. The molecule has 6 rings (SSSR count). The van der Waals surface area contributed by atoms with Crippen molar-refractivity contribution in [2.45, 2.75) is 45.1 Å². The summed E-state index contributed by atoms with van der Waals surface area (Å²) in [5.74, 6) is 3.76. The van der Waals surface area contributed by atoms with Crippen LogP contribution < -0.4 is 10.9 Å². The highest BCUT2D eigenvalue weighted by atomic mass is 16.2. The van der Waals surface area contributed by atoms with Gasteiger partial charge in [0.25, 0.3) is 11.5 Å². The van der Waals surface area contributed by atoms with Crippen LogP contribution in [0.15, 0.2) is 41.3 Å². The van der Waals surface area contributed by atoms with E-state index in [4.69, 9.17) is 0 Å². The third kappa shape index (κ3) is 4.65. The Labute approximate surface area is 189 Å². The van der Waals surface area contributed by atoms with Gasteiger partial charge in [0, 0.05) is 43.6 Å². The van der Waals surface area contributed by atoms with E-state index in [-0.39, 0.29) is 17.0 Å². The van der Waals surface area contributed by atoms with Crippen LogP contribution in [0.2, 0.25) is 0 Å². The number of nitrogens with zero attached hydrogens (tertiary/aromatic N) is 2. The Morgan fingerprint density at radius 3 is 2.50 bits per heavy atom. The van der Waals surface area contributed by atoms with Gasteiger partial charge in [-0.3, -0.25) is 14.6 Å². The SMILES string of the molecule is CN(CCc1ccccn1)Cc1ccc(C(=O)NCC2C3CC4CC(C3)CC2C4)c(=O)[nH]1. The van der Waals surface area contributed by atoms with Crippen molar-refractivity contribution < 1.29 is 4.79 Å². The number of rotatable bonds is 8. The molecule has 0 radical (unpaired) electrons. The summed E-state index contributed by atoms with van der Waals surface area (Å²) < 4.78 is 0. The van der Waals surface area contributed by atoms with Gasteiger partial charge in [-0.05, 0) is 93.0 Å². The van der Waals surface area contributed by atoms with E-state index in [0.717, 1.165) is 48.0 Å². The first-order valence-electron chi connectivity index (χ1n) is 12.1. The van der Waals surface area contributed by atoms with E-state index in [1.54, 1.807) is 12.3 Å². The van der Waals surface area contributed by atoms with Crippen molar-refractivity contribution in [1.29, 1.82) is 0 Å². The number of nitrogens with one attached hydrogen (secondary N) is 2. The van der Waals surface area contributed by atoms with Crippen LogP contribution in [-0.2, 0) is 13.0 Å². The molecule has 0 aromatic carbocycles. The van der Waals surface area contributed by atoms with Crippen LogP contribution in [0.4, 0.5) is 0 Å². The van der Waals surface area contributed by atoms with Crippen molar-refractivity contribution in [3.8, 4) is 0 Å². The summed E-state index contributed by atoms with van der Waals surface area (Å²) >= 11 is 0. The minimum absolute atomic E-state index is 0.216. The molecule has 32 heavy (non-hydrogen) atoms. The lowest BCUT2D eigenvalue weighted by Crippen LogP contribution is -2.49. The van der Waals surface area contributed by atoms with E-state index < -0.39 is 0 Å². The average molecular weight is 435 g/mol. The van der Waals surface area contributed by atoms with Crippen molar-refractivity contribution in [3.05, 3.63) is 63.8 Å². The zero-order valence-electron chi connectivity index (χ0n) is 18.9. The molecule has 4 saturated carbocycles. The topological polar surface area (TPSA) is 78.1 Å². The molecule has 1 amide bonds. The number of likely N-dealkylation sites (N-methyl/N-ethyl adjacent to an activating group) is 1. The predicted octanol–water partition coefficient (Wildman–Crippen LogP) is 3.25. The van der Waals surface area contributed by atoms with E-state index >= 15 is 0 Å². The molecule has 2 heterocycles. The lowest BCUT2D eigenvalue weighted by molar-refractivity contribution is -0.0347. The Morgan fingerprint density at radius 1 is 1.09 bits per heavy atom. The molecular weight excluding hydrogens is 400 g/mol. The molecule has 4 bridgehead atoms. The molecule has 0 aliphatic heterocycles. The first kappa shape index (κ1) is 21.4. The molecule has 6 heteroatoms. The maximum Gasteiger partial charge on any atom is 0.261 e. The number of aromatic nitrogens is 2. The number of pyridine rings is 2. The molecule has 2 aromatic heterocycles. The van der Waals surface area contributed by atoms with Gasteiger partial charge in [-0.1, -0.05) is 6.07 Å². The largest absolute Gasteiger partial charge is 0.352 e. The van der Waals surface area contributed by atoms with Crippen molar-refractivity contribution in [2.24, 2.45) is 29.6 Å². The number of carbonyl (C=O) groups is 1. The molecule has 4 fully saturated rings. The number of hydrogen-bond donors (Lipinski definition) is 2. The van der Waals surface area contributed by atoms with Crippen LogP contribution in [-0.4, -0.2) is 40.9 Å². The second-order valence-electron chi connectivity index (χ2n) is 10.3. The van der Waals surface area contributed by atoms with Gasteiger partial charge in [-0.25, -0.2) is 0 Å². The zero-order chi connectivity index (χ0) is 22.1. The summed E-state index contributed by atoms with van der Waals surface area (Å²) in [4.78, 5) is 34.7. The van der Waals surface area contributed by atoms with Crippen molar-refractivity contribution in [1.82, 2.24) is 20.2 Å². The molecule has 0 saturated heterocycles. The summed E-state index contributed by atoms with van der Waals surface area (Å²) in [7, 11) is 2.02. The molecule has 2 N–H and O–H groups in total. The van der Waals surface area contributed by atoms with Gasteiger partial charge in [0.15, 0.2) is 0 Å². The van der Waals surface area contributed by atoms with Crippen molar-refractivity contribution in [2.75, 3.05) is 20.1 Å². The smallest absolute Gasteiger partial charge is 0.261 e. The fourth-order valence-corrected chi connectivity index (χ4v) is 6.68. The van der Waals surface area contributed by atoms with Gasteiger partial charge >= 0.3 is 0 Å². The fraction of sp³-hybridized carbons (Fsp3) is 0.577. The Kier molecular flexibility index (Phi) is 6.13. The summed E-state index contributed by atoms with van der Waals surface area (Å²) in [5.41, 5.74) is 1.78. The second-order valence-corrected chi connectivity index (χ2v) is 10.3. The molecule has 6 nitrogen and oxygen atoms in total. The highest BCUT2D eigenvalue weighted by Gasteiger charge is 2.47. The van der Waals surface area contributed by atoms with Gasteiger partial charge in [-0.2, -0.15) is 0 Å². The van der Waals surface area contributed by atoms with Gasteiger partial charge in [-0.15, -0.1) is 0 Å². The van der Waals surface area contributed by atoms with E-state index in [2.05, 4.69) is 20.2 Å². The van der Waals surface area contributed by atoms with Gasteiger partial charge < -0.3 is 15.2 Å². The standard InChI is InChI=1S/C26H34N4O2/c1-30(9-7-21-4-2-3-8-27-21)16-22-5-6-23(26(32)29-22)25(31)28-15-24-19-11-17-10-18(13-19)14-20(24)12-17/h2-6,8,17-20,24H,7,9-16H2,1H3,(H,28,31)(H,29,32). The Hall–Kier alpha value is -2.47. The maximum atomic E-state index is 12.7. The van der Waals surface area contributed by atoms with Crippen LogP contribution in [0.5, 0.6) is 0 Å². The van der Waals surface area contributed by atoms with Crippen molar-refractivity contribution in [3.63, 3.8) is 0 Å². The quantitative estimate of drug-likeness (QED) is 0.669. The second kappa shape index (κ2) is 9.18. The predicted molar refractivity (Wildman–Crippen MR) is 124 cm³/mol. The third-order valence-corrected chi connectivity index (χ3v) is 8.05. The minimum Gasteiger partial charge on any atom is -0.352 e. The molecular formula is C26H34N4O2. The number of carbonyl (C=O) groups excluding carboxylic acids is 1. The molecule has 2 aromatic rings. The molecule has 4 aliphatic rings. The molecule has 170 valence electrons. The van der Waals surface area contributed by atoms with E-state index in [9.17, 15) is 9.59 Å². The monoisotopic (exact) mass is 434 g/mol. The first-order chi connectivity index (χ1) is 15.5. The Morgan fingerprint density at radius 2 is 1.84 bits per heavy atom. The van der Waals surface area contributed by atoms with Gasteiger partial charge in [0.1, 0.15) is 5.56 Å². The number of hydrogen-bond acceptors (Lipinski definition) is 4. The van der Waals surface area contributed by atoms with E-state index in [1.165, 1.54) is 32.1 Å². The normalized spacial score (nSPS) is 28.2. The molecule has 0 unspecified atom stereocenters. The lowest BCUT2D eigenvalue weighted by atomic mass is 9.52. The van der Waals surface area contributed by atoms with Gasteiger partial charge in [0.2, 0.25) is 0 Å². The van der Waals surface area contributed by atoms with Crippen LogP contribution in [0.3, 0.4) is 0 Å². The highest BCUT2D eigenvalue weighted by Crippen LogP contribution is 2.56. The number of aromatic amines is 1. The minimum atomic E-state index is -0.303. The van der Waals surface area contributed by atoms with E-state index in [0.29, 0.717) is 19.0 Å². The third-order valence-electron chi connectivity index (χ3n) is 8.05. The fourth-order valence-electron chi connectivity index (χ4n) is 6.68. The van der Waals surface area contributed by atoms with Crippen molar-refractivity contribution >= 4 is 5.91 Å². The molecule has 0 spiro atoms. The first-order valence-corrected chi connectivity index (χ1v) is 12.1. The Bertz CT molecular complexity index is 974. The van der Waals surface area contributed by atoms with Crippen LogP contribution in [0.1, 0.15) is 53.8 Å². The number of H-pyrrole nitrogens is 1. The molecule has 0 atom stereocenters. The summed E-state index contributed by atoms with van der Waals surface area (Å²) in [5, 5.41) is 3.09. The Balaban J connectivity index is 1.13. The van der Waals surface area contributed by atoms with E-state index in [1.807, 2.05) is 31.3 Å². The molecule has 4 aliphatic carbocycles. The van der Waals surface area contributed by atoms with Crippen LogP contribution in [0, 0.1) is 29.6 Å². The average Bonchev–Trinajstić information content (AvgIpc) is 2.77. The van der Waals surface area contributed by atoms with Crippen LogP contribution in [0.25, 0.3) is 0 Å². The number of amides is 1. The van der Waals surface area contributed by atoms with Gasteiger partial charge in [0.05, 0.1) is 0 Å². The maximum absolute atomic E-state index is 12.7. The summed E-state index contributed by atoms with van der Waals surface area (Å²) in [6, 6.07) is 9.46. The highest BCUT2D eigenvalue weighted by molar-refractivity contribution is 5.93. The zero-order valence-corrected chi connectivity index (χ0v) is 18.9. The lowest BCUT2D eigenvalue weighted by Gasteiger charge is -2.54. The summed E-state index contributed by atoms with van der Waals surface area (Å²) in [6.45, 7) is 2.18.